The summed E-state index contributed by atoms with van der Waals surface area (Å²) in [5, 5.41) is 12.1. The number of aliphatic hydroxyl groups is 1. The van der Waals surface area contributed by atoms with E-state index in [2.05, 4.69) is 5.32 Å². The Morgan fingerprint density at radius 1 is 1.17 bits per heavy atom. The van der Waals surface area contributed by atoms with E-state index in [-0.39, 0.29) is 12.4 Å². The SMILES string of the molecule is OCc1ccc(CNCCc2cccc(F)c2)o1. The number of rotatable bonds is 6. The molecule has 1 aromatic carbocycles. The fourth-order valence-corrected chi connectivity index (χ4v) is 1.74. The van der Waals surface area contributed by atoms with Crippen LogP contribution in [0.1, 0.15) is 17.1 Å². The molecule has 0 atom stereocenters. The molecule has 2 N–H and O–H groups in total. The van der Waals surface area contributed by atoms with Crippen LogP contribution >= 0.6 is 0 Å². The summed E-state index contributed by atoms with van der Waals surface area (Å²) in [5.41, 5.74) is 0.970. The van der Waals surface area contributed by atoms with Crippen LogP contribution in [0, 0.1) is 5.82 Å². The Labute approximate surface area is 105 Å². The van der Waals surface area contributed by atoms with Crippen LogP contribution < -0.4 is 5.32 Å². The molecular weight excluding hydrogens is 233 g/mol. The summed E-state index contributed by atoms with van der Waals surface area (Å²) in [4.78, 5) is 0. The largest absolute Gasteiger partial charge is 0.462 e. The second kappa shape index (κ2) is 6.33. The van der Waals surface area contributed by atoms with E-state index in [9.17, 15) is 4.39 Å². The first kappa shape index (κ1) is 12.8. The lowest BCUT2D eigenvalue weighted by Crippen LogP contribution is -2.16. The average Bonchev–Trinajstić information content (AvgIpc) is 2.83. The summed E-state index contributed by atoms with van der Waals surface area (Å²) in [5.74, 6) is 1.15. The van der Waals surface area contributed by atoms with Crippen LogP contribution in [0.5, 0.6) is 0 Å². The number of hydrogen-bond donors (Lipinski definition) is 2. The fraction of sp³-hybridized carbons (Fsp3) is 0.286. The van der Waals surface area contributed by atoms with Crippen molar-refractivity contribution in [1.82, 2.24) is 5.32 Å². The first-order valence-corrected chi connectivity index (χ1v) is 5.91. The van der Waals surface area contributed by atoms with Crippen LogP contribution in [0.4, 0.5) is 4.39 Å². The first-order valence-electron chi connectivity index (χ1n) is 5.91. The van der Waals surface area contributed by atoms with Crippen LogP contribution in [0.25, 0.3) is 0 Å². The predicted molar refractivity (Wildman–Crippen MR) is 66.4 cm³/mol. The normalized spacial score (nSPS) is 10.8. The van der Waals surface area contributed by atoms with Gasteiger partial charge in [-0.15, -0.1) is 0 Å². The van der Waals surface area contributed by atoms with Gasteiger partial charge in [-0.1, -0.05) is 12.1 Å². The Hall–Kier alpha value is -1.65. The molecule has 3 nitrogen and oxygen atoms in total. The van der Waals surface area contributed by atoms with Gasteiger partial charge in [0.25, 0.3) is 0 Å². The second-order valence-corrected chi connectivity index (χ2v) is 4.08. The van der Waals surface area contributed by atoms with Gasteiger partial charge in [-0.25, -0.2) is 4.39 Å². The molecule has 0 saturated carbocycles. The highest BCUT2D eigenvalue weighted by Crippen LogP contribution is 2.07. The van der Waals surface area contributed by atoms with Gasteiger partial charge in [-0.3, -0.25) is 0 Å². The van der Waals surface area contributed by atoms with Gasteiger partial charge < -0.3 is 14.8 Å². The van der Waals surface area contributed by atoms with Crippen LogP contribution in [-0.2, 0) is 19.6 Å². The molecule has 1 heterocycles. The third-order valence-electron chi connectivity index (χ3n) is 2.65. The number of hydrogen-bond acceptors (Lipinski definition) is 3. The van der Waals surface area contributed by atoms with Gasteiger partial charge in [0.15, 0.2) is 0 Å². The maximum absolute atomic E-state index is 12.9. The Morgan fingerprint density at radius 2 is 2.00 bits per heavy atom. The molecule has 0 spiro atoms. The summed E-state index contributed by atoms with van der Waals surface area (Å²) < 4.78 is 18.3. The minimum Gasteiger partial charge on any atom is -0.462 e. The van der Waals surface area contributed by atoms with Gasteiger partial charge in [0.2, 0.25) is 0 Å². The zero-order valence-corrected chi connectivity index (χ0v) is 10.0. The van der Waals surface area contributed by atoms with E-state index in [0.29, 0.717) is 12.3 Å². The van der Waals surface area contributed by atoms with E-state index in [4.69, 9.17) is 9.52 Å². The second-order valence-electron chi connectivity index (χ2n) is 4.08. The molecule has 0 radical (unpaired) electrons. The predicted octanol–water partition coefficient (Wildman–Crippen LogP) is 2.24. The standard InChI is InChI=1S/C14H16FNO2/c15-12-3-1-2-11(8-12)6-7-16-9-13-4-5-14(10-17)18-13/h1-5,8,16-17H,6-7,9-10H2. The van der Waals surface area contributed by atoms with Gasteiger partial charge in [0.05, 0.1) is 6.54 Å². The average molecular weight is 249 g/mol. The van der Waals surface area contributed by atoms with Crippen molar-refractivity contribution in [2.75, 3.05) is 6.54 Å². The molecular formula is C14H16FNO2. The lowest BCUT2D eigenvalue weighted by molar-refractivity contribution is 0.243. The van der Waals surface area contributed by atoms with Crippen LogP contribution in [0.15, 0.2) is 40.8 Å². The number of halogens is 1. The lowest BCUT2D eigenvalue weighted by Gasteiger charge is -2.03. The summed E-state index contributed by atoms with van der Waals surface area (Å²) >= 11 is 0. The zero-order chi connectivity index (χ0) is 12.8. The summed E-state index contributed by atoms with van der Waals surface area (Å²) in [6, 6.07) is 10.2. The highest BCUT2D eigenvalue weighted by molar-refractivity contribution is 5.16. The van der Waals surface area contributed by atoms with Gasteiger partial charge in [0.1, 0.15) is 23.9 Å². The molecule has 0 aliphatic heterocycles. The number of furan rings is 1. The molecule has 0 amide bonds. The highest BCUT2D eigenvalue weighted by Gasteiger charge is 2.00. The number of benzene rings is 1. The molecule has 0 bridgehead atoms. The third-order valence-corrected chi connectivity index (χ3v) is 2.65. The molecule has 4 heteroatoms. The Balaban J connectivity index is 1.72. The Kier molecular flexibility index (Phi) is 4.50. The Bertz CT molecular complexity index is 496. The van der Waals surface area contributed by atoms with Crippen molar-refractivity contribution in [1.29, 1.82) is 0 Å². The van der Waals surface area contributed by atoms with Crippen molar-refractivity contribution in [3.63, 3.8) is 0 Å². The maximum Gasteiger partial charge on any atom is 0.129 e. The smallest absolute Gasteiger partial charge is 0.129 e. The van der Waals surface area contributed by atoms with Crippen molar-refractivity contribution in [2.24, 2.45) is 0 Å². The topological polar surface area (TPSA) is 45.4 Å². The minimum atomic E-state index is -0.203. The minimum absolute atomic E-state index is 0.0801. The fourth-order valence-electron chi connectivity index (χ4n) is 1.74. The summed E-state index contributed by atoms with van der Waals surface area (Å²) in [6.45, 7) is 1.28. The summed E-state index contributed by atoms with van der Waals surface area (Å²) in [7, 11) is 0. The highest BCUT2D eigenvalue weighted by atomic mass is 19.1. The molecule has 0 fully saturated rings. The van der Waals surface area contributed by atoms with Gasteiger partial charge >= 0.3 is 0 Å². The molecule has 1 aromatic heterocycles. The van der Waals surface area contributed by atoms with E-state index < -0.39 is 0 Å². The molecule has 2 rings (SSSR count). The molecule has 2 aromatic rings. The molecule has 0 saturated heterocycles. The van der Waals surface area contributed by atoms with Crippen LogP contribution in [-0.4, -0.2) is 11.7 Å². The van der Waals surface area contributed by atoms with Gasteiger partial charge in [0, 0.05) is 0 Å². The lowest BCUT2D eigenvalue weighted by atomic mass is 10.1. The molecule has 18 heavy (non-hydrogen) atoms. The molecule has 0 unspecified atom stereocenters. The molecule has 96 valence electrons. The van der Waals surface area contributed by atoms with Crippen molar-refractivity contribution < 1.29 is 13.9 Å². The van der Waals surface area contributed by atoms with Gasteiger partial charge in [-0.2, -0.15) is 0 Å². The van der Waals surface area contributed by atoms with E-state index in [1.54, 1.807) is 18.2 Å². The number of aliphatic hydroxyl groups excluding tert-OH is 1. The van der Waals surface area contributed by atoms with E-state index >= 15 is 0 Å². The Morgan fingerprint density at radius 3 is 2.72 bits per heavy atom. The monoisotopic (exact) mass is 249 g/mol. The molecule has 0 aliphatic rings. The van der Waals surface area contributed by atoms with Crippen molar-refractivity contribution in [3.05, 3.63) is 59.3 Å². The maximum atomic E-state index is 12.9. The molecule has 0 aliphatic carbocycles. The van der Waals surface area contributed by atoms with E-state index in [0.717, 1.165) is 24.3 Å². The van der Waals surface area contributed by atoms with E-state index in [1.807, 2.05) is 12.1 Å². The van der Waals surface area contributed by atoms with Crippen LogP contribution in [0.2, 0.25) is 0 Å². The van der Waals surface area contributed by atoms with Crippen LogP contribution in [0.3, 0.4) is 0 Å². The zero-order valence-electron chi connectivity index (χ0n) is 10.0. The van der Waals surface area contributed by atoms with Crippen molar-refractivity contribution in [3.8, 4) is 0 Å². The van der Waals surface area contributed by atoms with Gasteiger partial charge in [-0.05, 0) is 42.8 Å². The van der Waals surface area contributed by atoms with E-state index in [1.165, 1.54) is 6.07 Å². The number of nitrogens with one attached hydrogen (secondary N) is 1. The first-order chi connectivity index (χ1) is 8.78. The quantitative estimate of drug-likeness (QED) is 0.772. The third kappa shape index (κ3) is 3.68. The van der Waals surface area contributed by atoms with Crippen molar-refractivity contribution >= 4 is 0 Å². The summed E-state index contributed by atoms with van der Waals surface area (Å²) in [6.07, 6.45) is 0.769. The van der Waals surface area contributed by atoms with Crippen molar-refractivity contribution in [2.45, 2.75) is 19.6 Å².